The Kier molecular flexibility index (Phi) is 8.42. The summed E-state index contributed by atoms with van der Waals surface area (Å²) in [5, 5.41) is 79.9. The Morgan fingerprint density at radius 3 is 1.78 bits per heavy atom. The monoisotopic (exact) mass is 474 g/mol. The molecule has 3 saturated heterocycles. The van der Waals surface area contributed by atoms with Gasteiger partial charge in [-0.1, -0.05) is 0 Å². The van der Waals surface area contributed by atoms with Crippen molar-refractivity contribution in [3.8, 4) is 0 Å². The van der Waals surface area contributed by atoms with Gasteiger partial charge < -0.3 is 64.5 Å². The molecule has 0 aromatic carbocycles. The van der Waals surface area contributed by atoms with Crippen molar-refractivity contribution in [2.24, 2.45) is 0 Å². The Morgan fingerprint density at radius 1 is 0.656 bits per heavy atom. The second kappa shape index (κ2) is 10.4. The van der Waals surface area contributed by atoms with Crippen molar-refractivity contribution in [1.29, 1.82) is 0 Å². The smallest absolute Gasteiger partial charge is 0.187 e. The highest BCUT2D eigenvalue weighted by atomic mass is 19.1. The molecule has 8 N–H and O–H groups in total. The molecule has 3 fully saturated rings. The SMILES string of the molecule is C[C@@H]1O[C@@H](O[C@@H]2[C@@H](O)[C@H](C)O[C@@H](O[C@@H]3[C@@H](F)[C@@H](O)[C@@H](CO)O[C@@H]3O)[C@@H]2O)[C@H](O)[C@H](O)[C@H]1O. The van der Waals surface area contributed by atoms with Gasteiger partial charge in [-0.3, -0.25) is 0 Å². The zero-order valence-electron chi connectivity index (χ0n) is 17.4. The summed E-state index contributed by atoms with van der Waals surface area (Å²) in [5.41, 5.74) is 0. The molecule has 0 spiro atoms. The van der Waals surface area contributed by atoms with Crippen LogP contribution < -0.4 is 0 Å². The van der Waals surface area contributed by atoms with Gasteiger partial charge in [-0.2, -0.15) is 0 Å². The number of hydrogen-bond donors (Lipinski definition) is 8. The van der Waals surface area contributed by atoms with E-state index in [2.05, 4.69) is 0 Å². The number of rotatable bonds is 5. The van der Waals surface area contributed by atoms with Crippen LogP contribution in [-0.2, 0) is 23.7 Å². The molecule has 3 aliphatic rings. The van der Waals surface area contributed by atoms with E-state index in [1.54, 1.807) is 0 Å². The fraction of sp³-hybridized carbons (Fsp3) is 1.00. The van der Waals surface area contributed by atoms with Crippen molar-refractivity contribution in [1.82, 2.24) is 0 Å². The van der Waals surface area contributed by atoms with E-state index < -0.39 is 98.8 Å². The maximum absolute atomic E-state index is 14.6. The first-order valence-corrected chi connectivity index (χ1v) is 10.3. The molecule has 3 aliphatic heterocycles. The first kappa shape index (κ1) is 26.0. The van der Waals surface area contributed by atoms with Gasteiger partial charge in [0.1, 0.15) is 54.9 Å². The molecule has 0 aliphatic carbocycles. The third-order valence-electron chi connectivity index (χ3n) is 5.97. The molecule has 0 aromatic rings. The van der Waals surface area contributed by atoms with Crippen LogP contribution >= 0.6 is 0 Å². The van der Waals surface area contributed by atoms with E-state index in [-0.39, 0.29) is 0 Å². The summed E-state index contributed by atoms with van der Waals surface area (Å²) >= 11 is 0. The number of ether oxygens (including phenoxy) is 5. The summed E-state index contributed by atoms with van der Waals surface area (Å²) in [6.45, 7) is 2.05. The van der Waals surface area contributed by atoms with Crippen molar-refractivity contribution in [3.05, 3.63) is 0 Å². The highest BCUT2D eigenvalue weighted by Gasteiger charge is 2.52. The van der Waals surface area contributed by atoms with Gasteiger partial charge in [0.15, 0.2) is 25.0 Å². The largest absolute Gasteiger partial charge is 0.394 e. The lowest BCUT2D eigenvalue weighted by Crippen LogP contribution is -2.65. The van der Waals surface area contributed by atoms with Crippen LogP contribution in [0.15, 0.2) is 0 Å². The van der Waals surface area contributed by atoms with Crippen LogP contribution in [0.1, 0.15) is 13.8 Å². The van der Waals surface area contributed by atoms with Gasteiger partial charge in [0.25, 0.3) is 0 Å². The van der Waals surface area contributed by atoms with E-state index in [1.165, 1.54) is 13.8 Å². The lowest BCUT2D eigenvalue weighted by molar-refractivity contribution is -0.375. The van der Waals surface area contributed by atoms with Gasteiger partial charge in [-0.25, -0.2) is 4.39 Å². The standard InChI is InChI=1S/C18H31FO13/c1-4-8(21)11(24)12(25)17(28-4)32-15-9(22)5(2)29-18(13(15)26)31-14-7(19)10(23)6(3-20)30-16(14)27/h4-18,20-27H,3H2,1-2H3/t4-,5-,6+,7-,8-,9-,10-,11+,12+,13+,14+,15+,16-,17-,18-/m0/s1. The van der Waals surface area contributed by atoms with Crippen LogP contribution in [0.25, 0.3) is 0 Å². The summed E-state index contributed by atoms with van der Waals surface area (Å²) in [4.78, 5) is 0. The first-order chi connectivity index (χ1) is 15.0. The van der Waals surface area contributed by atoms with E-state index in [0.29, 0.717) is 0 Å². The normalized spacial score (nSPS) is 55.0. The molecule has 0 saturated carbocycles. The van der Waals surface area contributed by atoms with Crippen molar-refractivity contribution in [2.45, 2.75) is 106 Å². The third kappa shape index (κ3) is 4.93. The van der Waals surface area contributed by atoms with E-state index in [0.717, 1.165) is 0 Å². The van der Waals surface area contributed by atoms with E-state index >= 15 is 0 Å². The Balaban J connectivity index is 1.72. The molecule has 0 unspecified atom stereocenters. The molecule has 0 aromatic heterocycles. The van der Waals surface area contributed by atoms with Crippen LogP contribution in [0.3, 0.4) is 0 Å². The van der Waals surface area contributed by atoms with Crippen LogP contribution in [-0.4, -0.2) is 140 Å². The molecule has 188 valence electrons. The van der Waals surface area contributed by atoms with Crippen molar-refractivity contribution < 1.29 is 68.9 Å². The van der Waals surface area contributed by atoms with Gasteiger partial charge in [0.2, 0.25) is 0 Å². The third-order valence-corrected chi connectivity index (χ3v) is 5.97. The number of aliphatic hydroxyl groups is 8. The molecule has 14 heteroatoms. The Labute approximate surface area is 182 Å². The second-order valence-corrected chi connectivity index (χ2v) is 8.26. The highest BCUT2D eigenvalue weighted by Crippen LogP contribution is 2.32. The number of halogens is 1. The second-order valence-electron chi connectivity index (χ2n) is 8.26. The fourth-order valence-electron chi connectivity index (χ4n) is 3.89. The van der Waals surface area contributed by atoms with E-state index in [1.807, 2.05) is 0 Å². The van der Waals surface area contributed by atoms with Crippen LogP contribution in [0, 0.1) is 0 Å². The molecule has 15 atom stereocenters. The molecule has 3 rings (SSSR count). The quantitative estimate of drug-likeness (QED) is 0.189. The average Bonchev–Trinajstić information content (AvgIpc) is 2.76. The predicted molar refractivity (Wildman–Crippen MR) is 97.3 cm³/mol. The highest BCUT2D eigenvalue weighted by molar-refractivity contribution is 4.95. The lowest BCUT2D eigenvalue weighted by Gasteiger charge is -2.47. The van der Waals surface area contributed by atoms with Crippen LogP contribution in [0.2, 0.25) is 0 Å². The molecule has 0 bridgehead atoms. The minimum Gasteiger partial charge on any atom is -0.394 e. The van der Waals surface area contributed by atoms with Gasteiger partial charge in [0.05, 0.1) is 18.8 Å². The molecule has 0 amide bonds. The van der Waals surface area contributed by atoms with Crippen LogP contribution in [0.5, 0.6) is 0 Å². The van der Waals surface area contributed by atoms with Gasteiger partial charge >= 0.3 is 0 Å². The van der Waals surface area contributed by atoms with Gasteiger partial charge in [-0.05, 0) is 13.8 Å². The van der Waals surface area contributed by atoms with Crippen LogP contribution in [0.4, 0.5) is 4.39 Å². The van der Waals surface area contributed by atoms with Gasteiger partial charge in [-0.15, -0.1) is 0 Å². The minimum atomic E-state index is -2.21. The summed E-state index contributed by atoms with van der Waals surface area (Å²) in [6.07, 6.45) is -23.9. The van der Waals surface area contributed by atoms with Crippen molar-refractivity contribution in [3.63, 3.8) is 0 Å². The summed E-state index contributed by atoms with van der Waals surface area (Å²) in [5.74, 6) is 0. The molecule has 3 heterocycles. The molecular weight excluding hydrogens is 443 g/mol. The molecular formula is C18H31FO13. The summed E-state index contributed by atoms with van der Waals surface area (Å²) < 4.78 is 40.9. The topological polar surface area (TPSA) is 208 Å². The van der Waals surface area contributed by atoms with E-state index in [4.69, 9.17) is 28.8 Å². The Morgan fingerprint density at radius 2 is 1.19 bits per heavy atom. The Hall–Kier alpha value is -0.590. The summed E-state index contributed by atoms with van der Waals surface area (Å²) in [6, 6.07) is 0. The molecule has 0 radical (unpaired) electrons. The first-order valence-electron chi connectivity index (χ1n) is 10.3. The van der Waals surface area contributed by atoms with Crippen molar-refractivity contribution >= 4 is 0 Å². The lowest BCUT2D eigenvalue weighted by atomic mass is 9.97. The minimum absolute atomic E-state index is 0.754. The summed E-state index contributed by atoms with van der Waals surface area (Å²) in [7, 11) is 0. The maximum Gasteiger partial charge on any atom is 0.187 e. The van der Waals surface area contributed by atoms with Crippen molar-refractivity contribution in [2.75, 3.05) is 6.61 Å². The number of aliphatic hydroxyl groups excluding tert-OH is 8. The zero-order chi connectivity index (χ0) is 23.9. The van der Waals surface area contributed by atoms with Gasteiger partial charge in [0, 0.05) is 0 Å². The fourth-order valence-corrected chi connectivity index (χ4v) is 3.89. The average molecular weight is 474 g/mol. The molecule has 13 nitrogen and oxygen atoms in total. The molecule has 32 heavy (non-hydrogen) atoms. The zero-order valence-corrected chi connectivity index (χ0v) is 17.4. The van der Waals surface area contributed by atoms with E-state index in [9.17, 15) is 40.1 Å². The Bertz CT molecular complexity index is 615. The number of hydrogen-bond acceptors (Lipinski definition) is 13. The number of alkyl halides is 1. The maximum atomic E-state index is 14.6. The predicted octanol–water partition coefficient (Wildman–Crippen LogP) is -4.54.